The van der Waals surface area contributed by atoms with Crippen molar-refractivity contribution < 1.29 is 168 Å². The normalized spacial score (nSPS) is 9.10. The van der Waals surface area contributed by atoms with E-state index in [1.165, 1.54) is 24.5 Å². The van der Waals surface area contributed by atoms with Crippen LogP contribution in [0.3, 0.4) is 0 Å². The zero-order valence-corrected chi connectivity index (χ0v) is 54.9. The Morgan fingerprint density at radius 1 is 0.731 bits per heavy atom. The fourth-order valence-corrected chi connectivity index (χ4v) is 0.802. The minimum Gasteiger partial charge on any atom is -0.428 e. The predicted octanol–water partition coefficient (Wildman–Crippen LogP) is 8.96. The number of rotatable bonds is 8. The van der Waals surface area contributed by atoms with Gasteiger partial charge in [0.15, 0.2) is 0 Å². The molecule has 0 aliphatic heterocycles. The van der Waals surface area contributed by atoms with Gasteiger partial charge in [-0.2, -0.15) is 18.9 Å². The van der Waals surface area contributed by atoms with Crippen LogP contribution in [0.25, 0.3) is 26.4 Å². The monoisotopic (exact) mass is 1690 g/mol. The smallest absolute Gasteiger partial charge is 0.428 e. The predicted molar refractivity (Wildman–Crippen MR) is 220 cm³/mol. The molecule has 0 spiro atoms. The molecule has 52 heavy (non-hydrogen) atoms. The van der Waals surface area contributed by atoms with Gasteiger partial charge in [0.25, 0.3) is 0 Å². The maximum absolute atomic E-state index is 9.40. The average Bonchev–Trinajstić information content (AvgIpc) is 3.02. The first-order chi connectivity index (χ1) is 20.9. The number of nitrogens with zero attached hydrogens (tertiary/aromatic N) is 7. The van der Waals surface area contributed by atoms with E-state index >= 15 is 0 Å². The molecule has 0 heterocycles. The summed E-state index contributed by atoms with van der Waals surface area (Å²) in [5.74, 6) is 0.523. The quantitative estimate of drug-likeness (QED) is 0.0611. The second-order valence-corrected chi connectivity index (χ2v) is 9.97. The van der Waals surface area contributed by atoms with Crippen LogP contribution >= 0.6 is 10.7 Å². The Bertz CT molecular complexity index is 577. The molecule has 308 valence electrons. The van der Waals surface area contributed by atoms with E-state index in [1.54, 1.807) is 0 Å². The van der Waals surface area contributed by atoms with Gasteiger partial charge in [-0.1, -0.05) is 104 Å². The molecule has 0 fully saturated rings. The fraction of sp³-hybridized carbons (Fsp3) is 0.765. The summed E-state index contributed by atoms with van der Waals surface area (Å²) >= 11 is 0. The van der Waals surface area contributed by atoms with Crippen molar-refractivity contribution in [1.29, 1.82) is 0 Å². The van der Waals surface area contributed by atoms with Crippen molar-refractivity contribution in [3.8, 4) is 0 Å². The van der Waals surface area contributed by atoms with Crippen molar-refractivity contribution in [2.75, 3.05) is 25.9 Å². The van der Waals surface area contributed by atoms with Crippen molar-refractivity contribution in [1.82, 2.24) is 4.90 Å². The number of nitrogens with two attached hydrogens (primary N) is 1. The van der Waals surface area contributed by atoms with Gasteiger partial charge in [-0.3, -0.25) is 4.91 Å². The van der Waals surface area contributed by atoms with Gasteiger partial charge >= 0.3 is 154 Å². The minimum atomic E-state index is -3.19. The molecule has 0 rings (SSSR count). The Kier molecular flexibility index (Phi) is 295. The standard InChI is InChI=1S/C6H15N.C5H10.C4H7N3.C4H9N.C4H8O.4C2H6.CH3ClO2S.2CH4.N3.Na.4U/c1-4-7(5-2)6-3;1-4-5(2)3;1-3-4(2)6-7-5;2*1-3-4(2)5;4*1-2;1-5(2,3)4;;;1-3-2;;;;;/h4-6H2,1-3H3;5H,1-2,4H2,3H3;4H,1-3H2;4H,1-3,5H2;4-5H,1-3H2;4*1-2H3;1H3;2*1H4;;;;;;/q;4*-2;;;;;;;;-1;+1;4*+2. The van der Waals surface area contributed by atoms with Crippen molar-refractivity contribution in [2.24, 2.45) is 16.8 Å². The molecule has 0 amide bonds. The number of azide groups is 1. The maximum Gasteiger partial charge on any atom is 2.00 e. The molecular formula is C34H84ClN8NaO3SU4. The van der Waals surface area contributed by atoms with E-state index in [1.807, 2.05) is 62.3 Å². The van der Waals surface area contributed by atoms with Crippen LogP contribution in [0.2, 0.25) is 0 Å². The molecule has 0 aliphatic rings. The van der Waals surface area contributed by atoms with Crippen molar-refractivity contribution in [2.45, 2.75) is 142 Å². The summed E-state index contributed by atoms with van der Waals surface area (Å²) in [4.78, 5) is 6.40. The summed E-state index contributed by atoms with van der Waals surface area (Å²) in [6.07, 6.45) is 3.17. The number of hydrogen-bond acceptors (Lipinski definition) is 6. The molecule has 0 bridgehead atoms. The van der Waals surface area contributed by atoms with Crippen molar-refractivity contribution >= 4 is 19.7 Å². The van der Waals surface area contributed by atoms with E-state index in [0.717, 1.165) is 19.1 Å². The summed E-state index contributed by atoms with van der Waals surface area (Å²) in [6, 6.07) is -0.181. The Morgan fingerprint density at radius 2 is 0.904 bits per heavy atom. The first-order valence-corrected chi connectivity index (χ1v) is 18.2. The molecule has 11 nitrogen and oxygen atoms in total. The number of aliphatic hydroxyl groups excluding tert-OH is 1. The third-order valence-electron chi connectivity index (χ3n) is 3.09. The van der Waals surface area contributed by atoms with Crippen molar-refractivity contribution in [3.63, 3.8) is 0 Å². The summed E-state index contributed by atoms with van der Waals surface area (Å²) in [6.45, 7) is 56.0. The Balaban J connectivity index is -0.0000000155. The SMILES string of the molecule is C.C.CC.CC.CC.CC.CCN(CC)CC.CS(=O)(=O)Cl.[CH2-]CC([CH2-])C.[CH2-]CC([CH2-])N.[CH2-]CC([CH2-])N=[N+]=[N-].[CH2-]CC([CH2-])O.[N-]=[N+]=[N-].[Na+].[U+2].[U+2].[U+2].[U+2]. The molecule has 0 aromatic heterocycles. The van der Waals surface area contributed by atoms with Crippen molar-refractivity contribution in [3.05, 3.63) is 81.8 Å². The van der Waals surface area contributed by atoms with Gasteiger partial charge in [0, 0.05) is 10.7 Å². The summed E-state index contributed by atoms with van der Waals surface area (Å²) in [5, 5.41) is 11.4. The van der Waals surface area contributed by atoms with Gasteiger partial charge in [-0.05, 0) is 30.1 Å². The Hall–Kier alpha value is 3.95. The van der Waals surface area contributed by atoms with E-state index < -0.39 is 15.2 Å². The largest absolute Gasteiger partial charge is 2.00 e. The zero-order valence-electron chi connectivity index (χ0n) is 34.7. The second-order valence-electron chi connectivity index (χ2n) is 6.92. The van der Waals surface area contributed by atoms with Crippen LogP contribution in [0.4, 0.5) is 0 Å². The molecule has 4 unspecified atom stereocenters. The molecular weight excluding hydrogens is 1610 g/mol. The summed E-state index contributed by atoms with van der Waals surface area (Å²) < 4.78 is 18.8. The van der Waals surface area contributed by atoms with Crippen LogP contribution in [0.15, 0.2) is 5.11 Å². The molecule has 18 heteroatoms. The van der Waals surface area contributed by atoms with Crippen LogP contribution in [0, 0.1) is 186 Å². The number of halogens is 1. The number of hydrogen-bond donors (Lipinski definition) is 2. The molecule has 4 atom stereocenters. The second kappa shape index (κ2) is 131. The third-order valence-corrected chi connectivity index (χ3v) is 3.09. The van der Waals surface area contributed by atoms with E-state index in [4.69, 9.17) is 27.4 Å². The van der Waals surface area contributed by atoms with Crippen LogP contribution < -0.4 is 35.3 Å². The molecule has 3 N–H and O–H groups in total. The van der Waals surface area contributed by atoms with E-state index in [2.05, 4.69) is 102 Å². The molecule has 0 aliphatic carbocycles. The zero-order chi connectivity index (χ0) is 39.5. The summed E-state index contributed by atoms with van der Waals surface area (Å²) in [5.41, 5.74) is 26.4. The molecule has 0 saturated heterocycles. The maximum atomic E-state index is 9.40. The molecule has 0 aromatic carbocycles. The fourth-order valence-electron chi connectivity index (χ4n) is 0.802. The first kappa shape index (κ1) is 117. The Labute approximate surface area is 451 Å². The molecule has 0 saturated carbocycles. The number of aliphatic hydroxyl groups is 1. The van der Waals surface area contributed by atoms with Crippen LogP contribution in [-0.4, -0.2) is 62.5 Å². The van der Waals surface area contributed by atoms with Crippen LogP contribution in [0.5, 0.6) is 0 Å². The van der Waals surface area contributed by atoms with Gasteiger partial charge in [0.2, 0.25) is 9.05 Å². The van der Waals surface area contributed by atoms with E-state index in [9.17, 15) is 8.42 Å². The van der Waals surface area contributed by atoms with Crippen LogP contribution in [0.1, 0.15) is 124 Å². The Morgan fingerprint density at radius 3 is 0.923 bits per heavy atom. The summed E-state index contributed by atoms with van der Waals surface area (Å²) in [7, 11) is 1.31. The van der Waals surface area contributed by atoms with Gasteiger partial charge in [0.1, 0.15) is 0 Å². The van der Waals surface area contributed by atoms with Gasteiger partial charge in [0.05, 0.1) is 6.26 Å². The minimum absolute atomic E-state index is 0. The van der Waals surface area contributed by atoms with Gasteiger partial charge < -0.3 is 82.2 Å². The van der Waals surface area contributed by atoms with E-state index in [0.29, 0.717) is 18.8 Å². The first-order valence-electron chi connectivity index (χ1n) is 15.5. The average molecular weight is 1700 g/mol. The molecule has 0 radical (unpaired) electrons. The van der Waals surface area contributed by atoms with Gasteiger partial charge in [-0.25, -0.2) is 27.2 Å². The van der Waals surface area contributed by atoms with Gasteiger partial charge in [-0.15, -0.1) is 11.2 Å². The topological polar surface area (TPSA) is 191 Å². The van der Waals surface area contributed by atoms with E-state index in [-0.39, 0.29) is 181 Å². The third kappa shape index (κ3) is 345. The van der Waals surface area contributed by atoms with Crippen LogP contribution in [-0.2, 0) is 9.05 Å². The molecule has 0 aromatic rings.